The van der Waals surface area contributed by atoms with Crippen LogP contribution in [0, 0.1) is 50.7 Å². The van der Waals surface area contributed by atoms with Crippen LogP contribution in [0.15, 0.2) is 11.1 Å². The minimum atomic E-state index is -1.16. The molecule has 5 aliphatic carbocycles. The van der Waals surface area contributed by atoms with Crippen LogP contribution < -0.4 is 5.32 Å². The molecule has 4 saturated carbocycles. The molecule has 4 fully saturated rings. The molecule has 5 aliphatic rings. The summed E-state index contributed by atoms with van der Waals surface area (Å²) < 4.78 is 6.14. The first-order chi connectivity index (χ1) is 22.0. The van der Waals surface area contributed by atoms with Crippen molar-refractivity contribution in [1.82, 2.24) is 10.2 Å². The zero-order valence-corrected chi connectivity index (χ0v) is 32.0. The van der Waals surface area contributed by atoms with Crippen LogP contribution in [0.5, 0.6) is 0 Å². The van der Waals surface area contributed by atoms with Gasteiger partial charge in [-0.15, -0.1) is 0 Å². The second-order valence-corrected chi connectivity index (χ2v) is 19.1. The first-order valence-electron chi connectivity index (χ1n) is 18.7. The van der Waals surface area contributed by atoms with Gasteiger partial charge in [-0.25, -0.2) is 4.79 Å². The zero-order chi connectivity index (χ0) is 36.0. The number of nitrogens with zero attached hydrogens (tertiary/aromatic N) is 1. The number of ketones is 1. The third-order valence-corrected chi connectivity index (χ3v) is 15.2. The Labute approximate surface area is 289 Å². The summed E-state index contributed by atoms with van der Waals surface area (Å²) >= 11 is 0. The lowest BCUT2D eigenvalue weighted by molar-refractivity contribution is -0.214. The molecular weight excluding hydrogens is 604 g/mol. The number of ether oxygens (including phenoxy) is 1. The standard InChI is InChI=1S/C40H64N2O6/c1-23(2)31-26(43)21-40(41-34(47)42(12)24(3)4)20-19-38(10)25(32(31)40)13-14-28-37(9)17-16-29(48-30(44)22-35(5,6)33(45)46)36(7,8)27(37)15-18-39(28,38)11/h23-24,27-29,31H,13-22H2,1-12H3,(H,41,47)(H,45,46)/t27?,28?,29-,31?,37-,38+,39+,40+/m0/s1. The molecular formula is C40H64N2O6. The molecule has 0 aromatic heterocycles. The first kappa shape index (κ1) is 36.9. The van der Waals surface area contributed by atoms with Crippen molar-refractivity contribution in [3.63, 3.8) is 0 Å². The summed E-state index contributed by atoms with van der Waals surface area (Å²) in [7, 11) is 1.84. The molecule has 0 radical (unpaired) electrons. The van der Waals surface area contributed by atoms with Gasteiger partial charge in [-0.05, 0) is 119 Å². The Kier molecular flexibility index (Phi) is 9.11. The quantitative estimate of drug-likeness (QED) is 0.209. The van der Waals surface area contributed by atoms with Crippen molar-refractivity contribution < 1.29 is 29.0 Å². The van der Waals surface area contributed by atoms with E-state index in [1.165, 1.54) is 11.1 Å². The lowest BCUT2D eigenvalue weighted by atomic mass is 9.34. The number of amides is 2. The molecule has 8 atom stereocenters. The van der Waals surface area contributed by atoms with Gasteiger partial charge in [-0.2, -0.15) is 0 Å². The fourth-order valence-corrected chi connectivity index (χ4v) is 12.0. The number of Topliss-reactive ketones (excluding diaryl/α,β-unsaturated/α-hetero) is 1. The van der Waals surface area contributed by atoms with Gasteiger partial charge in [0, 0.05) is 30.8 Å². The van der Waals surface area contributed by atoms with Gasteiger partial charge in [0.15, 0.2) is 0 Å². The molecule has 8 nitrogen and oxygen atoms in total. The Hall–Kier alpha value is -2.38. The number of urea groups is 1. The lowest BCUT2D eigenvalue weighted by Crippen LogP contribution is -2.65. The summed E-state index contributed by atoms with van der Waals surface area (Å²) in [5, 5.41) is 13.0. The minimum Gasteiger partial charge on any atom is -0.481 e. The number of carboxylic acid groups (broad SMARTS) is 1. The van der Waals surface area contributed by atoms with Gasteiger partial charge in [-0.3, -0.25) is 14.4 Å². The van der Waals surface area contributed by atoms with E-state index in [0.29, 0.717) is 18.3 Å². The van der Waals surface area contributed by atoms with Crippen molar-refractivity contribution >= 4 is 23.8 Å². The number of nitrogens with one attached hydrogen (secondary N) is 1. The number of hydrogen-bond acceptors (Lipinski definition) is 5. The Morgan fingerprint density at radius 3 is 2.19 bits per heavy atom. The van der Waals surface area contributed by atoms with Crippen LogP contribution >= 0.6 is 0 Å². The molecule has 0 aromatic carbocycles. The van der Waals surface area contributed by atoms with Gasteiger partial charge in [-0.1, -0.05) is 54.0 Å². The van der Waals surface area contributed by atoms with Crippen LogP contribution in [0.4, 0.5) is 4.79 Å². The van der Waals surface area contributed by atoms with Crippen LogP contribution in [0.2, 0.25) is 0 Å². The van der Waals surface area contributed by atoms with Crippen molar-refractivity contribution in [3.8, 4) is 0 Å². The van der Waals surface area contributed by atoms with E-state index in [0.717, 1.165) is 51.4 Å². The number of carboxylic acids is 1. The third-order valence-electron chi connectivity index (χ3n) is 15.2. The maximum atomic E-state index is 13.9. The number of carbonyl (C=O) groups excluding carboxylic acids is 3. The molecule has 270 valence electrons. The second kappa shape index (κ2) is 11.9. The van der Waals surface area contributed by atoms with E-state index in [4.69, 9.17) is 4.74 Å². The number of hydrogen-bond donors (Lipinski definition) is 2. The minimum absolute atomic E-state index is 0.0298. The Balaban J connectivity index is 1.49. The normalized spacial score (nSPS) is 38.9. The molecule has 0 saturated heterocycles. The first-order valence-corrected chi connectivity index (χ1v) is 18.7. The molecule has 8 heteroatoms. The van der Waals surface area contributed by atoms with Gasteiger partial charge < -0.3 is 20.1 Å². The number of aliphatic carboxylic acids is 1. The van der Waals surface area contributed by atoms with E-state index in [-0.39, 0.29) is 63.9 Å². The summed E-state index contributed by atoms with van der Waals surface area (Å²) in [4.78, 5) is 53.9. The number of fused-ring (bicyclic) bond motifs is 6. The number of carbonyl (C=O) groups is 4. The topological polar surface area (TPSA) is 113 Å². The lowest BCUT2D eigenvalue weighted by Gasteiger charge is -2.70. The molecule has 0 bridgehead atoms. The predicted molar refractivity (Wildman–Crippen MR) is 187 cm³/mol. The highest BCUT2D eigenvalue weighted by Gasteiger charge is 2.69. The molecule has 0 aliphatic heterocycles. The van der Waals surface area contributed by atoms with E-state index in [1.807, 2.05) is 20.9 Å². The number of esters is 1. The highest BCUT2D eigenvalue weighted by atomic mass is 16.5. The summed E-state index contributed by atoms with van der Waals surface area (Å²) in [5.41, 5.74) is 0.696. The van der Waals surface area contributed by atoms with E-state index < -0.39 is 22.9 Å². The number of rotatable bonds is 7. The van der Waals surface area contributed by atoms with Gasteiger partial charge >= 0.3 is 18.0 Å². The fourth-order valence-electron chi connectivity index (χ4n) is 12.0. The van der Waals surface area contributed by atoms with Gasteiger partial charge in [0.05, 0.1) is 17.4 Å². The molecule has 2 amide bonds. The average Bonchev–Trinajstić information content (AvgIpc) is 3.25. The zero-order valence-electron chi connectivity index (χ0n) is 32.0. The summed E-state index contributed by atoms with van der Waals surface area (Å²) in [6, 6.07) is -0.0304. The third kappa shape index (κ3) is 5.36. The smallest absolute Gasteiger partial charge is 0.318 e. The molecule has 5 rings (SSSR count). The Morgan fingerprint density at radius 1 is 0.958 bits per heavy atom. The van der Waals surface area contributed by atoms with Crippen molar-refractivity contribution in [2.45, 2.75) is 158 Å². The van der Waals surface area contributed by atoms with Crippen LogP contribution in [-0.2, 0) is 19.1 Å². The van der Waals surface area contributed by atoms with Crippen molar-refractivity contribution in [3.05, 3.63) is 11.1 Å². The van der Waals surface area contributed by atoms with E-state index in [9.17, 15) is 24.3 Å². The largest absolute Gasteiger partial charge is 0.481 e. The maximum absolute atomic E-state index is 13.9. The van der Waals surface area contributed by atoms with Crippen molar-refractivity contribution in [2.24, 2.45) is 50.7 Å². The number of allylic oxidation sites excluding steroid dienone is 1. The van der Waals surface area contributed by atoms with Gasteiger partial charge in [0.25, 0.3) is 0 Å². The molecule has 0 heterocycles. The Bertz CT molecular complexity index is 1400. The van der Waals surface area contributed by atoms with E-state index in [2.05, 4.69) is 53.8 Å². The average molecular weight is 669 g/mol. The summed E-state index contributed by atoms with van der Waals surface area (Å²) in [6.45, 7) is 23.6. The molecule has 48 heavy (non-hydrogen) atoms. The van der Waals surface area contributed by atoms with E-state index >= 15 is 0 Å². The van der Waals surface area contributed by atoms with Crippen molar-refractivity contribution in [2.75, 3.05) is 7.05 Å². The maximum Gasteiger partial charge on any atom is 0.318 e. The van der Waals surface area contributed by atoms with Crippen molar-refractivity contribution in [1.29, 1.82) is 0 Å². The highest BCUT2D eigenvalue weighted by Crippen LogP contribution is 2.75. The molecule has 3 unspecified atom stereocenters. The Morgan fingerprint density at radius 2 is 1.60 bits per heavy atom. The molecule has 0 spiro atoms. The van der Waals surface area contributed by atoms with Crippen LogP contribution in [0.1, 0.15) is 140 Å². The van der Waals surface area contributed by atoms with Gasteiger partial charge in [0.2, 0.25) is 0 Å². The summed E-state index contributed by atoms with van der Waals surface area (Å²) in [6.07, 6.45) is 7.60. The summed E-state index contributed by atoms with van der Waals surface area (Å²) in [5.74, 6) is -0.292. The van der Waals surface area contributed by atoms with E-state index in [1.54, 1.807) is 18.7 Å². The highest BCUT2D eigenvalue weighted by molar-refractivity contribution is 5.92. The fraction of sp³-hybridized carbons (Fsp3) is 0.850. The monoisotopic (exact) mass is 668 g/mol. The SMILES string of the molecule is CC(C)C1C(=O)C[C@]2(NC(=O)N(C)C(C)C)CC[C@]3(C)C(=C12)CCC1[C@@]2(C)CC[C@H](OC(=O)CC(C)(C)C(=O)O)C(C)(C)C2CC[C@]13C. The predicted octanol–water partition coefficient (Wildman–Crippen LogP) is 8.18. The molecule has 0 aromatic rings. The van der Waals surface area contributed by atoms with Crippen LogP contribution in [-0.4, -0.2) is 58.5 Å². The van der Waals surface area contributed by atoms with Crippen LogP contribution in [0.3, 0.4) is 0 Å². The van der Waals surface area contributed by atoms with Gasteiger partial charge in [0.1, 0.15) is 11.9 Å². The van der Waals surface area contributed by atoms with Crippen LogP contribution in [0.25, 0.3) is 0 Å². The second-order valence-electron chi connectivity index (χ2n) is 19.1. The molecule has 2 N–H and O–H groups in total.